The van der Waals surface area contributed by atoms with Crippen LogP contribution in [0.2, 0.25) is 0 Å². The summed E-state index contributed by atoms with van der Waals surface area (Å²) in [5.74, 6) is -1.01. The third kappa shape index (κ3) is 4.34. The first-order valence-electron chi connectivity index (χ1n) is 10.2. The zero-order valence-electron chi connectivity index (χ0n) is 17.8. The van der Waals surface area contributed by atoms with Gasteiger partial charge in [-0.1, -0.05) is 18.2 Å². The molecule has 1 aromatic carbocycles. The largest absolute Gasteiger partial charge is 0.479 e. The van der Waals surface area contributed by atoms with Crippen LogP contribution in [0.15, 0.2) is 54.9 Å². The van der Waals surface area contributed by atoms with Gasteiger partial charge in [-0.25, -0.2) is 4.79 Å². The minimum atomic E-state index is -1.29. The molecule has 0 bridgehead atoms. The van der Waals surface area contributed by atoms with Crippen LogP contribution in [0.1, 0.15) is 32.2 Å². The van der Waals surface area contributed by atoms with Crippen LogP contribution in [0.25, 0.3) is 22.2 Å². The highest BCUT2D eigenvalue weighted by molar-refractivity contribution is 5.84. The van der Waals surface area contributed by atoms with Crippen LogP contribution in [0.3, 0.4) is 0 Å². The van der Waals surface area contributed by atoms with Gasteiger partial charge >= 0.3 is 5.97 Å². The Morgan fingerprint density at radius 2 is 1.97 bits per heavy atom. The molecule has 8 heteroatoms. The van der Waals surface area contributed by atoms with Crippen molar-refractivity contribution in [3.8, 4) is 11.3 Å². The van der Waals surface area contributed by atoms with Crippen molar-refractivity contribution in [1.29, 1.82) is 0 Å². The van der Waals surface area contributed by atoms with E-state index in [0.717, 1.165) is 34.4 Å². The van der Waals surface area contributed by atoms with E-state index in [1.165, 1.54) is 13.8 Å². The Labute approximate surface area is 180 Å². The number of pyridine rings is 1. The van der Waals surface area contributed by atoms with E-state index in [1.807, 2.05) is 52.0 Å². The van der Waals surface area contributed by atoms with Gasteiger partial charge in [-0.05, 0) is 45.0 Å². The van der Waals surface area contributed by atoms with Gasteiger partial charge in [-0.15, -0.1) is 0 Å². The highest BCUT2D eigenvalue weighted by Crippen LogP contribution is 2.27. The quantitative estimate of drug-likeness (QED) is 0.467. The van der Waals surface area contributed by atoms with Gasteiger partial charge in [0, 0.05) is 23.7 Å². The topological polar surface area (TPSA) is 95.1 Å². The molecule has 31 heavy (non-hydrogen) atoms. The second kappa shape index (κ2) is 8.31. The summed E-state index contributed by atoms with van der Waals surface area (Å²) >= 11 is 0. The maximum Gasteiger partial charge on any atom is 0.335 e. The molecule has 3 heterocycles. The van der Waals surface area contributed by atoms with Gasteiger partial charge in [0.25, 0.3) is 0 Å². The molecule has 4 aromatic rings. The SMILES string of the molecule is CCn1ncc2ccc(-c3cc(COC(C)(C)C(=O)O)nn3Cc3ccccn3)cc21. The minimum absolute atomic E-state index is 0.0939. The Balaban J connectivity index is 1.72. The molecule has 0 fully saturated rings. The Kier molecular flexibility index (Phi) is 5.56. The Morgan fingerprint density at radius 3 is 2.68 bits per heavy atom. The van der Waals surface area contributed by atoms with Crippen molar-refractivity contribution in [2.24, 2.45) is 0 Å². The molecule has 0 spiro atoms. The zero-order chi connectivity index (χ0) is 22.0. The summed E-state index contributed by atoms with van der Waals surface area (Å²) in [6.07, 6.45) is 3.62. The molecular formula is C23H25N5O3. The second-order valence-corrected chi connectivity index (χ2v) is 7.84. The van der Waals surface area contributed by atoms with Crippen molar-refractivity contribution >= 4 is 16.9 Å². The van der Waals surface area contributed by atoms with E-state index in [4.69, 9.17) is 9.84 Å². The number of rotatable bonds is 8. The Bertz CT molecular complexity index is 1210. The van der Waals surface area contributed by atoms with Crippen molar-refractivity contribution < 1.29 is 14.6 Å². The van der Waals surface area contributed by atoms with Crippen molar-refractivity contribution in [2.45, 2.75) is 46.1 Å². The van der Waals surface area contributed by atoms with Crippen LogP contribution in [-0.4, -0.2) is 41.2 Å². The molecule has 8 nitrogen and oxygen atoms in total. The predicted octanol–water partition coefficient (Wildman–Crippen LogP) is 3.74. The third-order valence-corrected chi connectivity index (χ3v) is 5.20. The summed E-state index contributed by atoms with van der Waals surface area (Å²) in [6.45, 7) is 6.48. The monoisotopic (exact) mass is 419 g/mol. The molecule has 0 aliphatic rings. The molecule has 4 rings (SSSR count). The van der Waals surface area contributed by atoms with Crippen LogP contribution >= 0.6 is 0 Å². The van der Waals surface area contributed by atoms with Gasteiger partial charge < -0.3 is 9.84 Å². The maximum atomic E-state index is 11.4. The van der Waals surface area contributed by atoms with Crippen molar-refractivity contribution in [2.75, 3.05) is 0 Å². The number of benzene rings is 1. The number of hydrogen-bond donors (Lipinski definition) is 1. The fraction of sp³-hybridized carbons (Fsp3) is 0.304. The fourth-order valence-corrected chi connectivity index (χ4v) is 3.34. The molecule has 0 radical (unpaired) electrons. The normalized spacial score (nSPS) is 11.8. The van der Waals surface area contributed by atoms with E-state index in [-0.39, 0.29) is 6.61 Å². The van der Waals surface area contributed by atoms with E-state index >= 15 is 0 Å². The number of aliphatic carboxylic acids is 1. The van der Waals surface area contributed by atoms with Crippen molar-refractivity contribution in [3.63, 3.8) is 0 Å². The first kappa shape index (κ1) is 20.7. The maximum absolute atomic E-state index is 11.4. The Hall–Kier alpha value is -3.52. The summed E-state index contributed by atoms with van der Waals surface area (Å²) < 4.78 is 9.45. The van der Waals surface area contributed by atoms with Crippen LogP contribution in [0, 0.1) is 0 Å². The summed E-state index contributed by atoms with van der Waals surface area (Å²) in [7, 11) is 0. The lowest BCUT2D eigenvalue weighted by Gasteiger charge is -2.19. The van der Waals surface area contributed by atoms with Crippen molar-refractivity contribution in [1.82, 2.24) is 24.5 Å². The average Bonchev–Trinajstić information content (AvgIpc) is 3.36. The summed E-state index contributed by atoms with van der Waals surface area (Å²) in [5, 5.41) is 19.5. The van der Waals surface area contributed by atoms with E-state index in [2.05, 4.69) is 23.1 Å². The van der Waals surface area contributed by atoms with Gasteiger partial charge in [0.2, 0.25) is 0 Å². The molecule has 0 atom stereocenters. The van der Waals surface area contributed by atoms with Gasteiger partial charge in [-0.2, -0.15) is 10.2 Å². The predicted molar refractivity (Wildman–Crippen MR) is 116 cm³/mol. The number of fused-ring (bicyclic) bond motifs is 1. The van der Waals surface area contributed by atoms with Crippen LogP contribution in [0.4, 0.5) is 0 Å². The number of ether oxygens (including phenoxy) is 1. The lowest BCUT2D eigenvalue weighted by Crippen LogP contribution is -2.34. The molecule has 0 saturated heterocycles. The van der Waals surface area contributed by atoms with E-state index in [1.54, 1.807) is 6.20 Å². The summed E-state index contributed by atoms with van der Waals surface area (Å²) in [6, 6.07) is 13.9. The number of aryl methyl sites for hydroxylation is 1. The standard InChI is InChI=1S/C23H25N5O3/c1-4-27-20-11-16(8-9-17(20)13-25-27)21-12-19(15-31-23(2,3)22(29)30)26-28(21)14-18-7-5-6-10-24-18/h5-13H,4,14-15H2,1-3H3,(H,29,30). The van der Waals surface area contributed by atoms with Gasteiger partial charge in [0.05, 0.1) is 41.9 Å². The van der Waals surface area contributed by atoms with E-state index in [0.29, 0.717) is 12.2 Å². The van der Waals surface area contributed by atoms with Gasteiger partial charge in [0.1, 0.15) is 0 Å². The molecule has 160 valence electrons. The lowest BCUT2D eigenvalue weighted by atomic mass is 10.1. The number of nitrogens with zero attached hydrogens (tertiary/aromatic N) is 5. The number of aromatic nitrogens is 5. The first-order chi connectivity index (χ1) is 14.9. The molecular weight excluding hydrogens is 394 g/mol. The lowest BCUT2D eigenvalue weighted by molar-refractivity contribution is -0.162. The smallest absolute Gasteiger partial charge is 0.335 e. The van der Waals surface area contributed by atoms with Crippen LogP contribution in [-0.2, 0) is 29.2 Å². The molecule has 0 amide bonds. The van der Waals surface area contributed by atoms with Crippen LogP contribution in [0.5, 0.6) is 0 Å². The average molecular weight is 419 g/mol. The molecule has 0 aliphatic heterocycles. The van der Waals surface area contributed by atoms with Crippen LogP contribution < -0.4 is 0 Å². The molecule has 3 aromatic heterocycles. The van der Waals surface area contributed by atoms with Gasteiger partial charge in [0.15, 0.2) is 5.60 Å². The number of hydrogen-bond acceptors (Lipinski definition) is 5. The molecule has 0 unspecified atom stereocenters. The van der Waals surface area contributed by atoms with Crippen molar-refractivity contribution in [3.05, 3.63) is 66.2 Å². The highest BCUT2D eigenvalue weighted by Gasteiger charge is 2.28. The van der Waals surface area contributed by atoms with E-state index in [9.17, 15) is 9.90 Å². The Morgan fingerprint density at radius 1 is 1.13 bits per heavy atom. The second-order valence-electron chi connectivity index (χ2n) is 7.84. The molecule has 1 N–H and O–H groups in total. The number of carboxylic acid groups (broad SMARTS) is 1. The number of carboxylic acids is 1. The molecule has 0 saturated carbocycles. The highest BCUT2D eigenvalue weighted by atomic mass is 16.5. The summed E-state index contributed by atoms with van der Waals surface area (Å²) in [4.78, 5) is 15.8. The van der Waals surface area contributed by atoms with Gasteiger partial charge in [-0.3, -0.25) is 14.3 Å². The van der Waals surface area contributed by atoms with E-state index < -0.39 is 11.6 Å². The minimum Gasteiger partial charge on any atom is -0.479 e. The zero-order valence-corrected chi connectivity index (χ0v) is 17.8. The third-order valence-electron chi connectivity index (χ3n) is 5.20. The summed E-state index contributed by atoms with van der Waals surface area (Å²) in [5.41, 5.74) is 3.19. The fourth-order valence-electron chi connectivity index (χ4n) is 3.34. The number of carbonyl (C=O) groups is 1. The first-order valence-corrected chi connectivity index (χ1v) is 10.2. The molecule has 0 aliphatic carbocycles.